The predicted octanol–water partition coefficient (Wildman–Crippen LogP) is 4.41. The molecule has 0 bridgehead atoms. The van der Waals surface area contributed by atoms with Crippen molar-refractivity contribution in [2.24, 2.45) is 0 Å². The lowest BCUT2D eigenvalue weighted by atomic mass is 10.0. The van der Waals surface area contributed by atoms with Gasteiger partial charge in [0.25, 0.3) is 0 Å². The number of nitriles is 1. The Hall–Kier alpha value is -4.06. The van der Waals surface area contributed by atoms with Crippen LogP contribution in [-0.4, -0.2) is 89.1 Å². The molecule has 14 heteroatoms. The van der Waals surface area contributed by atoms with E-state index in [2.05, 4.69) is 36.0 Å². The second-order valence-corrected chi connectivity index (χ2v) is 11.8. The van der Waals surface area contributed by atoms with E-state index >= 15 is 0 Å². The lowest BCUT2D eigenvalue weighted by Gasteiger charge is -2.37. The van der Waals surface area contributed by atoms with Gasteiger partial charge in [0.15, 0.2) is 0 Å². The van der Waals surface area contributed by atoms with Gasteiger partial charge in [-0.1, -0.05) is 0 Å². The maximum absolute atomic E-state index is 13.7. The fourth-order valence-corrected chi connectivity index (χ4v) is 6.45. The van der Waals surface area contributed by atoms with Gasteiger partial charge in [-0.2, -0.15) is 23.5 Å². The molecule has 45 heavy (non-hydrogen) atoms. The Morgan fingerprint density at radius 1 is 1.16 bits per heavy atom. The number of halogens is 3. The Bertz CT molecular complexity index is 1620. The topological polar surface area (TPSA) is 132 Å². The van der Waals surface area contributed by atoms with Gasteiger partial charge in [0.05, 0.1) is 31.1 Å². The monoisotopic (exact) mass is 623 g/mol. The smallest absolute Gasteiger partial charge is 0.433 e. The summed E-state index contributed by atoms with van der Waals surface area (Å²) in [6.45, 7) is 2.93. The zero-order valence-corrected chi connectivity index (χ0v) is 24.8. The molecule has 2 fully saturated rings. The molecular formula is C31H36F3N9O2. The van der Waals surface area contributed by atoms with Gasteiger partial charge in [0.1, 0.15) is 23.8 Å². The van der Waals surface area contributed by atoms with Crippen molar-refractivity contribution in [2.75, 3.05) is 26.2 Å². The largest absolute Gasteiger partial charge is 0.474 e. The van der Waals surface area contributed by atoms with E-state index in [1.54, 1.807) is 12.3 Å². The van der Waals surface area contributed by atoms with E-state index in [0.29, 0.717) is 57.4 Å². The van der Waals surface area contributed by atoms with Gasteiger partial charge in [-0.3, -0.25) is 14.5 Å². The van der Waals surface area contributed by atoms with Crippen molar-refractivity contribution in [3.05, 3.63) is 54.4 Å². The van der Waals surface area contributed by atoms with Crippen LogP contribution in [0.25, 0.3) is 22.3 Å². The molecule has 2 atom stereocenters. The minimum Gasteiger partial charge on any atom is -0.474 e. The molecule has 0 spiro atoms. The third-order valence-corrected chi connectivity index (χ3v) is 8.78. The van der Waals surface area contributed by atoms with Crippen LogP contribution in [0.15, 0.2) is 43.1 Å². The quantitative estimate of drug-likeness (QED) is 0.249. The maximum atomic E-state index is 13.7. The van der Waals surface area contributed by atoms with E-state index < -0.39 is 11.9 Å². The molecule has 6 heterocycles. The molecule has 2 aliphatic rings. The number of hydrogen-bond acceptors (Lipinski definition) is 9. The van der Waals surface area contributed by atoms with Gasteiger partial charge in [-0.05, 0) is 56.3 Å². The first-order chi connectivity index (χ1) is 21.8. The van der Waals surface area contributed by atoms with Crippen LogP contribution in [0.2, 0.25) is 0 Å². The van der Waals surface area contributed by atoms with Gasteiger partial charge < -0.3 is 14.8 Å². The van der Waals surface area contributed by atoms with Crippen molar-refractivity contribution in [3.8, 4) is 23.2 Å². The molecule has 0 saturated carbocycles. The van der Waals surface area contributed by atoms with Crippen molar-refractivity contribution in [1.29, 1.82) is 5.26 Å². The number of fused-ring (bicyclic) bond motifs is 1. The molecule has 2 N–H and O–H groups in total. The zero-order chi connectivity index (χ0) is 31.4. The molecule has 0 aliphatic carbocycles. The molecule has 238 valence electrons. The zero-order valence-electron chi connectivity index (χ0n) is 24.8. The molecule has 4 aromatic rings. The van der Waals surface area contributed by atoms with E-state index in [1.807, 2.05) is 28.0 Å². The molecule has 2 aliphatic heterocycles. The fraction of sp³-hybridized carbons (Fsp3) is 0.516. The van der Waals surface area contributed by atoms with E-state index in [0.717, 1.165) is 47.7 Å². The highest BCUT2D eigenvalue weighted by atomic mass is 19.4. The average Bonchev–Trinajstić information content (AvgIpc) is 3.80. The lowest BCUT2D eigenvalue weighted by Crippen LogP contribution is -2.46. The van der Waals surface area contributed by atoms with Crippen molar-refractivity contribution < 1.29 is 23.0 Å². The number of nitrogens with one attached hydrogen (secondary N) is 1. The number of rotatable bonds is 11. The minimum absolute atomic E-state index is 0.0188. The third kappa shape index (κ3) is 7.27. The molecule has 0 aromatic carbocycles. The number of alkyl halides is 3. The number of aliphatic hydroxyl groups excluding tert-OH is 1. The lowest BCUT2D eigenvalue weighted by molar-refractivity contribution is -0.141. The summed E-state index contributed by atoms with van der Waals surface area (Å²) in [5.41, 5.74) is 1.92. The molecule has 11 nitrogen and oxygen atoms in total. The van der Waals surface area contributed by atoms with E-state index in [4.69, 9.17) is 4.74 Å². The van der Waals surface area contributed by atoms with Crippen molar-refractivity contribution in [2.45, 2.75) is 76.0 Å². The standard InChI is InChI=1S/C31H36F3N9O2/c32-31(33,34)27-13-21(16-42-10-2-4-24(42)19-44)14-28(40-27)45-25-6-11-41(12-7-25)23(3-1-8-35)18-43-17-22(15-39-43)29-26-5-9-36-30(26)38-20-37-29/h5,9,13-15,17,20,23-25,44H,1-4,6-7,10-12,16,18-19H2,(H,36,37,38)/t23-,24+/m0/s1. The van der Waals surface area contributed by atoms with Crippen molar-refractivity contribution in [3.63, 3.8) is 0 Å². The summed E-state index contributed by atoms with van der Waals surface area (Å²) < 4.78 is 49.2. The highest BCUT2D eigenvalue weighted by Crippen LogP contribution is 2.32. The number of H-pyrrole nitrogens is 1. The minimum atomic E-state index is -4.60. The number of aliphatic hydroxyl groups is 1. The number of ether oxygens (including phenoxy) is 1. The van der Waals surface area contributed by atoms with Crippen LogP contribution in [0.4, 0.5) is 13.2 Å². The SMILES string of the molecule is N#CCC[C@@H](Cn1cc(-c2ncnc3[nH]ccc23)cn1)N1CCC(Oc2cc(CN3CCC[C@@H]3CO)cc(C(F)(F)F)n2)CC1. The highest BCUT2D eigenvalue weighted by Gasteiger charge is 2.35. The fourth-order valence-electron chi connectivity index (χ4n) is 6.45. The summed E-state index contributed by atoms with van der Waals surface area (Å²) in [5, 5.41) is 24.4. The summed E-state index contributed by atoms with van der Waals surface area (Å²) in [7, 11) is 0. The number of aromatic nitrogens is 6. The first-order valence-electron chi connectivity index (χ1n) is 15.3. The van der Waals surface area contributed by atoms with Gasteiger partial charge >= 0.3 is 6.18 Å². The third-order valence-electron chi connectivity index (χ3n) is 8.78. The number of pyridine rings is 1. The molecule has 4 aromatic heterocycles. The highest BCUT2D eigenvalue weighted by molar-refractivity contribution is 5.89. The Morgan fingerprint density at radius 3 is 2.78 bits per heavy atom. The van der Waals surface area contributed by atoms with E-state index in [-0.39, 0.29) is 30.7 Å². The Morgan fingerprint density at radius 2 is 2.00 bits per heavy atom. The van der Waals surface area contributed by atoms with Crippen LogP contribution < -0.4 is 4.74 Å². The molecule has 0 radical (unpaired) electrons. The van der Waals surface area contributed by atoms with Crippen LogP contribution in [0.5, 0.6) is 5.88 Å². The summed E-state index contributed by atoms with van der Waals surface area (Å²) in [6.07, 6.45) is 6.21. The van der Waals surface area contributed by atoms with Gasteiger partial charge in [0, 0.05) is 67.5 Å². The maximum Gasteiger partial charge on any atom is 0.433 e. The molecule has 0 unspecified atom stereocenters. The van der Waals surface area contributed by atoms with Gasteiger partial charge in [0.2, 0.25) is 5.88 Å². The molecule has 6 rings (SSSR count). The summed E-state index contributed by atoms with van der Waals surface area (Å²) >= 11 is 0. The van der Waals surface area contributed by atoms with Crippen LogP contribution in [-0.2, 0) is 19.3 Å². The Balaban J connectivity index is 1.10. The van der Waals surface area contributed by atoms with Crippen LogP contribution in [0.3, 0.4) is 0 Å². The first kappa shape index (κ1) is 30.9. The second kappa shape index (κ2) is 13.5. The van der Waals surface area contributed by atoms with E-state index in [9.17, 15) is 23.5 Å². The van der Waals surface area contributed by atoms with Crippen LogP contribution in [0, 0.1) is 11.3 Å². The molecule has 0 amide bonds. The average molecular weight is 624 g/mol. The Labute approximate surface area is 258 Å². The van der Waals surface area contributed by atoms with Crippen LogP contribution >= 0.6 is 0 Å². The Kier molecular flexibility index (Phi) is 9.29. The number of likely N-dealkylation sites (tertiary alicyclic amines) is 2. The summed E-state index contributed by atoms with van der Waals surface area (Å²) in [6, 6.07) is 6.85. The van der Waals surface area contributed by atoms with E-state index in [1.165, 1.54) is 6.33 Å². The molecule has 2 saturated heterocycles. The van der Waals surface area contributed by atoms with Crippen LogP contribution in [0.1, 0.15) is 49.8 Å². The summed E-state index contributed by atoms with van der Waals surface area (Å²) in [4.78, 5) is 19.9. The first-order valence-corrected chi connectivity index (χ1v) is 15.3. The normalized spacial score (nSPS) is 19.2. The van der Waals surface area contributed by atoms with Crippen molar-refractivity contribution >= 4 is 11.0 Å². The summed E-state index contributed by atoms with van der Waals surface area (Å²) in [5.74, 6) is -0.0237. The molecular weight excluding hydrogens is 587 g/mol. The number of hydrogen-bond donors (Lipinski definition) is 2. The predicted molar refractivity (Wildman–Crippen MR) is 159 cm³/mol. The van der Waals surface area contributed by atoms with Gasteiger partial charge in [-0.15, -0.1) is 0 Å². The number of piperidine rings is 1. The van der Waals surface area contributed by atoms with Gasteiger partial charge in [-0.25, -0.2) is 15.0 Å². The number of nitrogens with zero attached hydrogens (tertiary/aromatic N) is 8. The number of aromatic amines is 1. The van der Waals surface area contributed by atoms with Crippen molar-refractivity contribution in [1.82, 2.24) is 39.5 Å². The second-order valence-electron chi connectivity index (χ2n) is 11.8.